The van der Waals surface area contributed by atoms with Gasteiger partial charge in [-0.3, -0.25) is 0 Å². The molecule has 0 amide bonds. The van der Waals surface area contributed by atoms with Crippen molar-refractivity contribution in [3.8, 4) is 0 Å². The lowest BCUT2D eigenvalue weighted by Gasteiger charge is -2.23. The summed E-state index contributed by atoms with van der Waals surface area (Å²) in [7, 11) is 0. The van der Waals surface area contributed by atoms with Crippen molar-refractivity contribution >= 4 is 0 Å². The smallest absolute Gasteiger partial charge is 0.224 e. The van der Waals surface area contributed by atoms with Crippen LogP contribution in [0.2, 0.25) is 0 Å². The second-order valence-corrected chi connectivity index (χ2v) is 5.60. The van der Waals surface area contributed by atoms with Crippen LogP contribution in [0.1, 0.15) is 49.8 Å². The van der Waals surface area contributed by atoms with Crippen LogP contribution in [0.5, 0.6) is 0 Å². The molecule has 0 aromatic carbocycles. The Morgan fingerprint density at radius 3 is 3.06 bits per heavy atom. The zero-order valence-corrected chi connectivity index (χ0v) is 9.41. The van der Waals surface area contributed by atoms with E-state index in [0.29, 0.717) is 5.92 Å². The van der Waals surface area contributed by atoms with E-state index >= 15 is 0 Å². The minimum Gasteiger partial charge on any atom is -0.424 e. The highest BCUT2D eigenvalue weighted by Gasteiger charge is 2.51. The fourth-order valence-electron chi connectivity index (χ4n) is 3.43. The van der Waals surface area contributed by atoms with Gasteiger partial charge in [0.2, 0.25) is 11.8 Å². The monoisotopic (exact) mass is 219 g/mol. The highest BCUT2D eigenvalue weighted by atomic mass is 16.4. The van der Waals surface area contributed by atoms with E-state index in [4.69, 9.17) is 4.42 Å². The molecular formula is C12H17N3O. The summed E-state index contributed by atoms with van der Waals surface area (Å²) >= 11 is 0. The Labute approximate surface area is 94.8 Å². The molecule has 2 saturated carbocycles. The minimum atomic E-state index is 0.181. The third kappa shape index (κ3) is 1.14. The van der Waals surface area contributed by atoms with Crippen LogP contribution in [0, 0.1) is 5.92 Å². The number of fused-ring (bicyclic) bond motifs is 1. The Hall–Kier alpha value is -0.900. The van der Waals surface area contributed by atoms with Gasteiger partial charge in [0.1, 0.15) is 0 Å². The Balaban J connectivity index is 1.71. The molecule has 2 atom stereocenters. The molecule has 4 heteroatoms. The van der Waals surface area contributed by atoms with Gasteiger partial charge in [0, 0.05) is 12.5 Å². The van der Waals surface area contributed by atoms with Crippen LogP contribution in [0.15, 0.2) is 4.42 Å². The van der Waals surface area contributed by atoms with E-state index in [0.717, 1.165) is 30.8 Å². The van der Waals surface area contributed by atoms with Crippen molar-refractivity contribution in [3.05, 3.63) is 11.8 Å². The molecule has 1 N–H and O–H groups in total. The summed E-state index contributed by atoms with van der Waals surface area (Å²) in [4.78, 5) is 0. The fourth-order valence-corrected chi connectivity index (χ4v) is 3.43. The lowest BCUT2D eigenvalue weighted by atomic mass is 9.81. The Morgan fingerprint density at radius 1 is 1.25 bits per heavy atom. The molecule has 1 saturated heterocycles. The van der Waals surface area contributed by atoms with Gasteiger partial charge < -0.3 is 9.73 Å². The minimum absolute atomic E-state index is 0.181. The molecule has 0 bridgehead atoms. The van der Waals surface area contributed by atoms with Crippen molar-refractivity contribution in [3.63, 3.8) is 0 Å². The Kier molecular flexibility index (Phi) is 1.76. The van der Waals surface area contributed by atoms with Crippen molar-refractivity contribution < 1.29 is 4.42 Å². The van der Waals surface area contributed by atoms with Crippen molar-refractivity contribution in [2.24, 2.45) is 5.92 Å². The molecule has 0 spiro atoms. The summed E-state index contributed by atoms with van der Waals surface area (Å²) < 4.78 is 5.93. The van der Waals surface area contributed by atoms with Crippen LogP contribution in [0.4, 0.5) is 0 Å². The number of nitrogens with one attached hydrogen (secondary N) is 1. The van der Waals surface area contributed by atoms with E-state index < -0.39 is 0 Å². The topological polar surface area (TPSA) is 51.0 Å². The summed E-state index contributed by atoms with van der Waals surface area (Å²) in [5.74, 6) is 3.11. The molecule has 0 unspecified atom stereocenters. The van der Waals surface area contributed by atoms with Gasteiger partial charge >= 0.3 is 0 Å². The van der Waals surface area contributed by atoms with Crippen LogP contribution in [0.25, 0.3) is 0 Å². The van der Waals surface area contributed by atoms with Crippen LogP contribution < -0.4 is 5.32 Å². The molecule has 3 aliphatic rings. The quantitative estimate of drug-likeness (QED) is 0.820. The predicted octanol–water partition coefficient (Wildman–Crippen LogP) is 1.59. The van der Waals surface area contributed by atoms with Crippen molar-refractivity contribution in [2.75, 3.05) is 13.1 Å². The summed E-state index contributed by atoms with van der Waals surface area (Å²) in [6.45, 7) is 2.16. The van der Waals surface area contributed by atoms with Gasteiger partial charge in [-0.1, -0.05) is 6.42 Å². The lowest BCUT2D eigenvalue weighted by molar-refractivity contribution is 0.295. The van der Waals surface area contributed by atoms with Crippen molar-refractivity contribution in [1.29, 1.82) is 0 Å². The summed E-state index contributed by atoms with van der Waals surface area (Å²) in [6, 6.07) is 0. The number of aromatic nitrogens is 2. The molecule has 4 rings (SSSR count). The third-order valence-electron chi connectivity index (χ3n) is 4.58. The molecule has 4 nitrogen and oxygen atoms in total. The summed E-state index contributed by atoms with van der Waals surface area (Å²) in [5, 5.41) is 12.1. The molecule has 0 radical (unpaired) electrons. The first-order chi connectivity index (χ1) is 7.88. The fraction of sp³-hybridized carbons (Fsp3) is 0.833. The molecule has 16 heavy (non-hydrogen) atoms. The molecule has 86 valence electrons. The number of hydrogen-bond acceptors (Lipinski definition) is 4. The summed E-state index contributed by atoms with van der Waals surface area (Å²) in [6.07, 6.45) is 6.31. The zero-order chi connectivity index (χ0) is 10.6. The molecule has 1 aromatic rings. The maximum Gasteiger partial charge on any atom is 0.224 e. The largest absolute Gasteiger partial charge is 0.424 e. The van der Waals surface area contributed by atoms with Crippen LogP contribution >= 0.6 is 0 Å². The lowest BCUT2D eigenvalue weighted by Crippen LogP contribution is -2.31. The van der Waals surface area contributed by atoms with Crippen LogP contribution in [0.3, 0.4) is 0 Å². The number of rotatable bonds is 2. The van der Waals surface area contributed by atoms with Crippen molar-refractivity contribution in [2.45, 2.75) is 43.4 Å². The Bertz CT molecular complexity index is 400. The second-order valence-electron chi connectivity index (χ2n) is 5.60. The van der Waals surface area contributed by atoms with Gasteiger partial charge in [0.15, 0.2) is 0 Å². The first kappa shape index (κ1) is 9.16. The van der Waals surface area contributed by atoms with Crippen molar-refractivity contribution in [1.82, 2.24) is 15.5 Å². The second kappa shape index (κ2) is 3.06. The first-order valence-electron chi connectivity index (χ1n) is 6.43. The van der Waals surface area contributed by atoms with E-state index in [1.807, 2.05) is 0 Å². The SMILES string of the molecule is C1C[C@H]2CNC[C@@]2(c2nnc(C3CC3)o2)C1. The standard InChI is InChI=1S/C12H17N3O/c1-2-9-6-13-7-12(9,5-1)11-15-14-10(16-11)8-3-4-8/h8-9,13H,1-7H2/t9-,12-/m0/s1. The first-order valence-corrected chi connectivity index (χ1v) is 6.43. The highest BCUT2D eigenvalue weighted by Crippen LogP contribution is 2.48. The summed E-state index contributed by atoms with van der Waals surface area (Å²) in [5.41, 5.74) is 0.181. The average Bonchev–Trinajstić information content (AvgIpc) is 2.76. The van der Waals surface area contributed by atoms with Gasteiger partial charge in [-0.05, 0) is 38.1 Å². The maximum absolute atomic E-state index is 5.93. The highest BCUT2D eigenvalue weighted by molar-refractivity contribution is 5.17. The zero-order valence-electron chi connectivity index (χ0n) is 9.41. The van der Waals surface area contributed by atoms with Crippen LogP contribution in [-0.2, 0) is 5.41 Å². The molecule has 3 fully saturated rings. The molecule has 2 aliphatic carbocycles. The molecule has 1 aromatic heterocycles. The van der Waals surface area contributed by atoms with Crippen LogP contribution in [-0.4, -0.2) is 23.3 Å². The molecule has 2 heterocycles. The Morgan fingerprint density at radius 2 is 2.19 bits per heavy atom. The van der Waals surface area contributed by atoms with E-state index in [2.05, 4.69) is 15.5 Å². The van der Waals surface area contributed by atoms with E-state index in [1.165, 1.54) is 32.1 Å². The van der Waals surface area contributed by atoms with Gasteiger partial charge in [0.05, 0.1) is 5.41 Å². The van der Waals surface area contributed by atoms with E-state index in [1.54, 1.807) is 0 Å². The maximum atomic E-state index is 5.93. The van der Waals surface area contributed by atoms with E-state index in [9.17, 15) is 0 Å². The normalized spacial score (nSPS) is 37.9. The van der Waals surface area contributed by atoms with Gasteiger partial charge in [-0.2, -0.15) is 0 Å². The predicted molar refractivity (Wildman–Crippen MR) is 58.2 cm³/mol. The van der Waals surface area contributed by atoms with Gasteiger partial charge in [-0.25, -0.2) is 0 Å². The van der Waals surface area contributed by atoms with E-state index in [-0.39, 0.29) is 5.41 Å². The van der Waals surface area contributed by atoms with Gasteiger partial charge in [0.25, 0.3) is 0 Å². The third-order valence-corrected chi connectivity index (χ3v) is 4.58. The number of hydrogen-bond donors (Lipinski definition) is 1. The number of nitrogens with zero attached hydrogens (tertiary/aromatic N) is 2. The average molecular weight is 219 g/mol. The molecular weight excluding hydrogens is 202 g/mol. The van der Waals surface area contributed by atoms with Gasteiger partial charge in [-0.15, -0.1) is 10.2 Å². The molecule has 1 aliphatic heterocycles.